The Morgan fingerprint density at radius 2 is 1.02 bits per heavy atom. The smallest absolute Gasteiger partial charge is 0.416 e. The Hall–Kier alpha value is -2.95. The molecule has 0 aliphatic heterocycles. The van der Waals surface area contributed by atoms with Gasteiger partial charge in [-0.3, -0.25) is 0 Å². The predicted octanol–water partition coefficient (Wildman–Crippen LogP) is 10.9. The van der Waals surface area contributed by atoms with Crippen LogP contribution in [-0.2, 0) is 28.8 Å². The van der Waals surface area contributed by atoms with Crippen molar-refractivity contribution >= 4 is 0 Å². The third-order valence-electron chi connectivity index (χ3n) is 6.89. The van der Waals surface area contributed by atoms with Crippen LogP contribution in [-0.4, -0.2) is 14.2 Å². The molecule has 0 spiro atoms. The summed E-state index contributed by atoms with van der Waals surface area (Å²) in [5, 5.41) is 0. The number of benzene rings is 3. The quantitative estimate of drug-likeness (QED) is 0.311. The number of halogens is 3. The largest absolute Gasteiger partial charge is 0.497 e. The van der Waals surface area contributed by atoms with Gasteiger partial charge in [0.15, 0.2) is 0 Å². The van der Waals surface area contributed by atoms with Gasteiger partial charge in [0.05, 0.1) is 19.8 Å². The highest BCUT2D eigenvalue weighted by atomic mass is 19.4. The van der Waals surface area contributed by atoms with Crippen molar-refractivity contribution in [2.24, 2.45) is 0 Å². The van der Waals surface area contributed by atoms with Crippen molar-refractivity contribution in [3.05, 3.63) is 94.0 Å². The first-order valence-corrected chi connectivity index (χ1v) is 14.1. The van der Waals surface area contributed by atoms with Crippen LogP contribution in [0.1, 0.15) is 103 Å². The van der Waals surface area contributed by atoms with Crippen molar-refractivity contribution in [3.8, 4) is 11.5 Å². The fourth-order valence-corrected chi connectivity index (χ4v) is 4.15. The lowest BCUT2D eigenvalue weighted by Gasteiger charge is -2.24. The predicted molar refractivity (Wildman–Crippen MR) is 168 cm³/mol. The van der Waals surface area contributed by atoms with Crippen molar-refractivity contribution in [3.63, 3.8) is 0 Å². The average molecular weight is 573 g/mol. The van der Waals surface area contributed by atoms with Crippen LogP contribution in [0.4, 0.5) is 13.2 Å². The van der Waals surface area contributed by atoms with Crippen molar-refractivity contribution in [2.75, 3.05) is 14.2 Å². The zero-order chi connectivity index (χ0) is 31.8. The summed E-state index contributed by atoms with van der Waals surface area (Å²) < 4.78 is 48.4. The molecule has 0 aliphatic rings. The fraction of sp³-hybridized carbons (Fsp3) is 0.500. The van der Waals surface area contributed by atoms with E-state index in [0.29, 0.717) is 0 Å². The van der Waals surface area contributed by atoms with Crippen LogP contribution < -0.4 is 9.47 Å². The Morgan fingerprint density at radius 3 is 1.41 bits per heavy atom. The lowest BCUT2D eigenvalue weighted by molar-refractivity contribution is -0.138. The zero-order valence-electron chi connectivity index (χ0n) is 27.4. The number of aryl methyl sites for hydroxylation is 2. The van der Waals surface area contributed by atoms with E-state index in [1.54, 1.807) is 33.9 Å². The van der Waals surface area contributed by atoms with Crippen molar-refractivity contribution < 1.29 is 22.6 Å². The molecule has 0 radical (unpaired) electrons. The second kappa shape index (κ2) is 14.3. The third-order valence-corrected chi connectivity index (χ3v) is 6.89. The minimum atomic E-state index is -4.35. The van der Waals surface area contributed by atoms with Gasteiger partial charge >= 0.3 is 6.18 Å². The Labute approximate surface area is 247 Å². The molecular formula is C36H51F3O2. The van der Waals surface area contributed by atoms with E-state index in [1.165, 1.54) is 35.4 Å². The summed E-state index contributed by atoms with van der Waals surface area (Å²) >= 11 is 0. The molecule has 3 aromatic carbocycles. The Morgan fingerprint density at radius 1 is 0.561 bits per heavy atom. The van der Waals surface area contributed by atoms with Crippen molar-refractivity contribution in [1.29, 1.82) is 0 Å². The van der Waals surface area contributed by atoms with E-state index in [9.17, 15) is 13.2 Å². The van der Waals surface area contributed by atoms with Gasteiger partial charge in [0.25, 0.3) is 0 Å². The zero-order valence-corrected chi connectivity index (χ0v) is 27.4. The van der Waals surface area contributed by atoms with Crippen molar-refractivity contribution in [1.82, 2.24) is 0 Å². The SMILES string of the molecule is CCc1cc(C(C)(C)C)ccc1C.COc1ccc(C(C)(C)C)c(C(F)(F)F)c1.COc1ccc(C(C)(C)C)cc1. The van der Waals surface area contributed by atoms with Gasteiger partial charge in [-0.05, 0) is 81.7 Å². The molecule has 0 saturated heterocycles. The number of ether oxygens (including phenoxy) is 2. The fourth-order valence-electron chi connectivity index (χ4n) is 4.15. The van der Waals surface area contributed by atoms with Gasteiger partial charge in [-0.25, -0.2) is 0 Å². The van der Waals surface area contributed by atoms with Gasteiger partial charge in [0.2, 0.25) is 0 Å². The van der Waals surface area contributed by atoms with E-state index in [1.807, 2.05) is 12.1 Å². The minimum Gasteiger partial charge on any atom is -0.497 e. The maximum Gasteiger partial charge on any atom is 0.416 e. The van der Waals surface area contributed by atoms with Gasteiger partial charge < -0.3 is 9.47 Å². The lowest BCUT2D eigenvalue weighted by Crippen LogP contribution is -2.19. The van der Waals surface area contributed by atoms with Crippen molar-refractivity contribution in [2.45, 2.75) is 105 Å². The van der Waals surface area contributed by atoms with Gasteiger partial charge in [-0.2, -0.15) is 13.2 Å². The highest BCUT2D eigenvalue weighted by Gasteiger charge is 2.36. The van der Waals surface area contributed by atoms with Crippen LogP contribution in [0, 0.1) is 6.92 Å². The van der Waals surface area contributed by atoms with E-state index in [-0.39, 0.29) is 22.1 Å². The van der Waals surface area contributed by atoms with E-state index >= 15 is 0 Å². The van der Waals surface area contributed by atoms with E-state index in [2.05, 4.69) is 85.7 Å². The number of alkyl halides is 3. The van der Waals surface area contributed by atoms with Gasteiger partial charge in [0.1, 0.15) is 11.5 Å². The van der Waals surface area contributed by atoms with E-state index < -0.39 is 17.2 Å². The average Bonchev–Trinajstić information content (AvgIpc) is 2.87. The molecule has 0 fully saturated rings. The summed E-state index contributed by atoms with van der Waals surface area (Å²) in [6, 6.07) is 19.1. The van der Waals surface area contributed by atoms with Crippen LogP contribution in [0.3, 0.4) is 0 Å². The van der Waals surface area contributed by atoms with Crippen LogP contribution in [0.25, 0.3) is 0 Å². The molecule has 41 heavy (non-hydrogen) atoms. The summed E-state index contributed by atoms with van der Waals surface area (Å²) in [5.41, 5.74) is 5.28. The summed E-state index contributed by atoms with van der Waals surface area (Å²) in [6.07, 6.45) is -3.22. The van der Waals surface area contributed by atoms with Gasteiger partial charge in [-0.1, -0.05) is 106 Å². The molecule has 0 unspecified atom stereocenters. The summed E-state index contributed by atoms with van der Waals surface area (Å²) in [5.74, 6) is 1.14. The van der Waals surface area contributed by atoms with Crippen LogP contribution in [0.5, 0.6) is 11.5 Å². The second-order valence-electron chi connectivity index (χ2n) is 13.4. The molecule has 3 rings (SSSR count). The number of methoxy groups -OCH3 is 2. The Kier molecular flexibility index (Phi) is 12.6. The molecule has 2 nitrogen and oxygen atoms in total. The number of hydrogen-bond acceptors (Lipinski definition) is 2. The molecule has 0 aliphatic carbocycles. The molecule has 3 aromatic rings. The molecule has 0 N–H and O–H groups in total. The first-order valence-electron chi connectivity index (χ1n) is 14.1. The summed E-state index contributed by atoms with van der Waals surface area (Å²) in [6.45, 7) is 23.1. The van der Waals surface area contributed by atoms with Crippen LogP contribution in [0.15, 0.2) is 60.7 Å². The van der Waals surface area contributed by atoms with E-state index in [4.69, 9.17) is 9.47 Å². The third kappa shape index (κ3) is 11.4. The first kappa shape index (κ1) is 36.1. The topological polar surface area (TPSA) is 18.5 Å². The number of rotatable bonds is 3. The molecule has 0 amide bonds. The van der Waals surface area contributed by atoms with E-state index in [0.717, 1.165) is 18.2 Å². The van der Waals surface area contributed by atoms with Gasteiger partial charge in [-0.15, -0.1) is 0 Å². The van der Waals surface area contributed by atoms with Gasteiger partial charge in [0, 0.05) is 0 Å². The lowest BCUT2D eigenvalue weighted by atomic mass is 9.83. The highest BCUT2D eigenvalue weighted by molar-refractivity contribution is 5.41. The first-order chi connectivity index (χ1) is 18.6. The maximum absolute atomic E-state index is 12.8. The van der Waals surface area contributed by atoms with Crippen LogP contribution in [0.2, 0.25) is 0 Å². The molecule has 0 saturated carbocycles. The molecule has 0 heterocycles. The van der Waals surface area contributed by atoms with Crippen LogP contribution >= 0.6 is 0 Å². The molecular weight excluding hydrogens is 521 g/mol. The summed E-state index contributed by atoms with van der Waals surface area (Å²) in [7, 11) is 3.04. The Bertz CT molecular complexity index is 1220. The Balaban J connectivity index is 0.000000311. The molecule has 0 aromatic heterocycles. The maximum atomic E-state index is 12.8. The minimum absolute atomic E-state index is 0.223. The second-order valence-corrected chi connectivity index (χ2v) is 13.4. The summed E-state index contributed by atoms with van der Waals surface area (Å²) in [4.78, 5) is 0. The molecule has 5 heteroatoms. The molecule has 0 atom stereocenters. The molecule has 0 bridgehead atoms. The monoisotopic (exact) mass is 572 g/mol. The standard InChI is InChI=1S/C13H20.C12H15F3O.C11H16O/c1-6-11-9-12(13(3,4)5)8-7-10(11)2;1-11(2,3)9-6-5-8(16-4)7-10(9)12(13,14)15;1-11(2,3)9-5-7-10(12-4)8-6-9/h7-9H,6H2,1-5H3;5-7H,1-4H3;5-8H,1-4H3. The number of hydrogen-bond donors (Lipinski definition) is 0. The normalized spacial score (nSPS) is 12.0. The molecule has 228 valence electrons. The highest BCUT2D eigenvalue weighted by Crippen LogP contribution is 2.39.